The van der Waals surface area contributed by atoms with E-state index in [9.17, 15) is 0 Å². The molecule has 0 aliphatic carbocycles. The Morgan fingerprint density at radius 3 is 2.68 bits per heavy atom. The van der Waals surface area contributed by atoms with Gasteiger partial charge in [0.25, 0.3) is 0 Å². The lowest BCUT2D eigenvalue weighted by Crippen LogP contribution is -2.22. The Morgan fingerprint density at radius 2 is 2.00 bits per heavy atom. The second-order valence-electron chi connectivity index (χ2n) is 4.92. The molecule has 0 spiro atoms. The van der Waals surface area contributed by atoms with Crippen molar-refractivity contribution in [1.29, 1.82) is 0 Å². The molecule has 1 aromatic heterocycles. The van der Waals surface area contributed by atoms with Gasteiger partial charge in [0.1, 0.15) is 12.2 Å². The molecule has 0 fully saturated rings. The van der Waals surface area contributed by atoms with Gasteiger partial charge in [-0.1, -0.05) is 30.3 Å². The molecule has 4 heteroatoms. The molecule has 102 valence electrons. The Labute approximate surface area is 114 Å². The summed E-state index contributed by atoms with van der Waals surface area (Å²) in [7, 11) is 1.98. The molecule has 4 nitrogen and oxygen atoms in total. The Hall–Kier alpha value is -1.68. The molecular weight excluding hydrogens is 236 g/mol. The lowest BCUT2D eigenvalue weighted by atomic mass is 10.1. The van der Waals surface area contributed by atoms with Gasteiger partial charge >= 0.3 is 0 Å². The summed E-state index contributed by atoms with van der Waals surface area (Å²) < 4.78 is 1.96. The molecule has 0 amide bonds. The van der Waals surface area contributed by atoms with Gasteiger partial charge in [0, 0.05) is 7.05 Å². The van der Waals surface area contributed by atoms with Crippen LogP contribution in [0.1, 0.15) is 37.2 Å². The van der Waals surface area contributed by atoms with Crippen molar-refractivity contribution in [3.05, 3.63) is 48.0 Å². The molecule has 0 saturated carbocycles. The van der Waals surface area contributed by atoms with Crippen molar-refractivity contribution in [2.75, 3.05) is 6.54 Å². The van der Waals surface area contributed by atoms with E-state index in [4.69, 9.17) is 0 Å². The van der Waals surface area contributed by atoms with E-state index in [0.29, 0.717) is 0 Å². The van der Waals surface area contributed by atoms with Crippen molar-refractivity contribution in [2.45, 2.75) is 32.2 Å². The first-order valence-corrected chi connectivity index (χ1v) is 6.88. The Bertz CT molecular complexity index is 478. The Morgan fingerprint density at radius 1 is 1.21 bits per heavy atom. The first-order valence-electron chi connectivity index (χ1n) is 6.88. The van der Waals surface area contributed by atoms with Gasteiger partial charge in [0.15, 0.2) is 0 Å². The summed E-state index contributed by atoms with van der Waals surface area (Å²) in [6, 6.07) is 10.9. The average molecular weight is 258 g/mol. The topological polar surface area (TPSA) is 42.7 Å². The minimum absolute atomic E-state index is 0.254. The SMILES string of the molecule is CC(NCCCCc1ccccc1)c1nncn1C. The van der Waals surface area contributed by atoms with Crippen LogP contribution in [0, 0.1) is 0 Å². The number of aromatic nitrogens is 3. The highest BCUT2D eigenvalue weighted by atomic mass is 15.3. The van der Waals surface area contributed by atoms with Crippen molar-refractivity contribution >= 4 is 0 Å². The van der Waals surface area contributed by atoms with Gasteiger partial charge in [-0.2, -0.15) is 0 Å². The van der Waals surface area contributed by atoms with Crippen molar-refractivity contribution < 1.29 is 0 Å². The smallest absolute Gasteiger partial charge is 0.149 e. The van der Waals surface area contributed by atoms with Crippen LogP contribution < -0.4 is 5.32 Å². The number of benzene rings is 1. The van der Waals surface area contributed by atoms with E-state index < -0.39 is 0 Å². The van der Waals surface area contributed by atoms with E-state index in [1.165, 1.54) is 18.4 Å². The van der Waals surface area contributed by atoms with Gasteiger partial charge in [-0.15, -0.1) is 10.2 Å². The molecule has 1 heterocycles. The van der Waals surface area contributed by atoms with Crippen molar-refractivity contribution in [3.63, 3.8) is 0 Å². The number of aryl methyl sites for hydroxylation is 2. The van der Waals surface area contributed by atoms with Crippen LogP contribution in [0.2, 0.25) is 0 Å². The number of unbranched alkanes of at least 4 members (excludes halogenated alkanes) is 1. The van der Waals surface area contributed by atoms with Gasteiger partial charge in [0.05, 0.1) is 6.04 Å². The Balaban J connectivity index is 1.63. The minimum Gasteiger partial charge on any atom is -0.319 e. The fourth-order valence-corrected chi connectivity index (χ4v) is 2.19. The van der Waals surface area contributed by atoms with Gasteiger partial charge in [-0.3, -0.25) is 0 Å². The van der Waals surface area contributed by atoms with Crippen LogP contribution in [0.5, 0.6) is 0 Å². The summed E-state index contributed by atoms with van der Waals surface area (Å²) in [4.78, 5) is 0. The quantitative estimate of drug-likeness (QED) is 0.776. The molecule has 1 N–H and O–H groups in total. The van der Waals surface area contributed by atoms with E-state index in [-0.39, 0.29) is 6.04 Å². The fraction of sp³-hybridized carbons (Fsp3) is 0.467. The fourth-order valence-electron chi connectivity index (χ4n) is 2.19. The first kappa shape index (κ1) is 13.7. The molecule has 19 heavy (non-hydrogen) atoms. The highest BCUT2D eigenvalue weighted by Crippen LogP contribution is 2.08. The number of hydrogen-bond acceptors (Lipinski definition) is 3. The second-order valence-corrected chi connectivity index (χ2v) is 4.92. The summed E-state index contributed by atoms with van der Waals surface area (Å²) >= 11 is 0. The first-order chi connectivity index (χ1) is 9.27. The van der Waals surface area contributed by atoms with Crippen molar-refractivity contribution in [1.82, 2.24) is 20.1 Å². The molecule has 1 atom stereocenters. The van der Waals surface area contributed by atoms with E-state index in [1.807, 2.05) is 11.6 Å². The lowest BCUT2D eigenvalue weighted by molar-refractivity contribution is 0.512. The summed E-state index contributed by atoms with van der Waals surface area (Å²) in [6.45, 7) is 3.14. The average Bonchev–Trinajstić information content (AvgIpc) is 2.86. The van der Waals surface area contributed by atoms with Crippen LogP contribution in [0.3, 0.4) is 0 Å². The largest absolute Gasteiger partial charge is 0.319 e. The van der Waals surface area contributed by atoms with Crippen LogP contribution in [-0.4, -0.2) is 21.3 Å². The normalized spacial score (nSPS) is 12.5. The lowest BCUT2D eigenvalue weighted by Gasteiger charge is -2.12. The molecule has 1 unspecified atom stereocenters. The van der Waals surface area contributed by atoms with Gasteiger partial charge in [-0.05, 0) is 38.3 Å². The predicted molar refractivity (Wildman–Crippen MR) is 76.8 cm³/mol. The maximum atomic E-state index is 4.11. The molecule has 2 rings (SSSR count). The third-order valence-corrected chi connectivity index (χ3v) is 3.32. The second kappa shape index (κ2) is 7.04. The predicted octanol–water partition coefficient (Wildman–Crippen LogP) is 2.49. The summed E-state index contributed by atoms with van der Waals surface area (Å²) in [5, 5.41) is 11.5. The maximum absolute atomic E-state index is 4.11. The molecule has 1 aromatic carbocycles. The highest BCUT2D eigenvalue weighted by molar-refractivity contribution is 5.14. The monoisotopic (exact) mass is 258 g/mol. The molecular formula is C15H22N4. The van der Waals surface area contributed by atoms with E-state index in [0.717, 1.165) is 18.8 Å². The molecule has 0 radical (unpaired) electrons. The number of nitrogens with one attached hydrogen (secondary N) is 1. The number of rotatable bonds is 7. The minimum atomic E-state index is 0.254. The van der Waals surface area contributed by atoms with Crippen LogP contribution in [0.25, 0.3) is 0 Å². The molecule has 0 bridgehead atoms. The zero-order valence-electron chi connectivity index (χ0n) is 11.7. The standard InChI is InChI=1S/C15H22N4/c1-13(15-18-17-12-19(15)2)16-11-7-6-10-14-8-4-3-5-9-14/h3-5,8-9,12-13,16H,6-7,10-11H2,1-2H3. The van der Waals surface area contributed by atoms with Gasteiger partial charge < -0.3 is 9.88 Å². The molecule has 0 aliphatic heterocycles. The van der Waals surface area contributed by atoms with Gasteiger partial charge in [-0.25, -0.2) is 0 Å². The van der Waals surface area contributed by atoms with Crippen LogP contribution in [0.4, 0.5) is 0 Å². The number of nitrogens with zero attached hydrogens (tertiary/aromatic N) is 3. The summed E-state index contributed by atoms with van der Waals surface area (Å²) in [6.07, 6.45) is 5.28. The zero-order valence-corrected chi connectivity index (χ0v) is 11.7. The third-order valence-electron chi connectivity index (χ3n) is 3.32. The highest BCUT2D eigenvalue weighted by Gasteiger charge is 2.09. The molecule has 2 aromatic rings. The number of hydrogen-bond donors (Lipinski definition) is 1. The van der Waals surface area contributed by atoms with Gasteiger partial charge in [0.2, 0.25) is 0 Å². The van der Waals surface area contributed by atoms with Crippen LogP contribution >= 0.6 is 0 Å². The molecule has 0 saturated heterocycles. The Kier molecular flexibility index (Phi) is 5.10. The van der Waals surface area contributed by atoms with Crippen molar-refractivity contribution in [2.24, 2.45) is 7.05 Å². The van der Waals surface area contributed by atoms with E-state index >= 15 is 0 Å². The summed E-state index contributed by atoms with van der Waals surface area (Å²) in [5.74, 6) is 0.989. The van der Waals surface area contributed by atoms with E-state index in [2.05, 4.69) is 52.8 Å². The van der Waals surface area contributed by atoms with Crippen LogP contribution in [-0.2, 0) is 13.5 Å². The third kappa shape index (κ3) is 4.17. The van der Waals surface area contributed by atoms with Crippen LogP contribution in [0.15, 0.2) is 36.7 Å². The zero-order chi connectivity index (χ0) is 13.5. The van der Waals surface area contributed by atoms with Crippen molar-refractivity contribution in [3.8, 4) is 0 Å². The molecule has 0 aliphatic rings. The summed E-state index contributed by atoms with van der Waals surface area (Å²) in [5.41, 5.74) is 1.42. The van der Waals surface area contributed by atoms with E-state index in [1.54, 1.807) is 6.33 Å². The maximum Gasteiger partial charge on any atom is 0.149 e.